The number of rotatable bonds is 6. The predicted octanol–water partition coefficient (Wildman–Crippen LogP) is 2.72. The summed E-state index contributed by atoms with van der Waals surface area (Å²) >= 11 is 0. The molecule has 5 nitrogen and oxygen atoms in total. The van der Waals surface area contributed by atoms with Crippen LogP contribution in [0.1, 0.15) is 15.9 Å². The number of hydrogen-bond donors (Lipinski definition) is 1. The van der Waals surface area contributed by atoms with Crippen LogP contribution in [0.2, 0.25) is 0 Å². The molecule has 0 unspecified atom stereocenters. The number of nitrogens with two attached hydrogens (primary N) is 1. The van der Waals surface area contributed by atoms with E-state index in [1.54, 1.807) is 48.5 Å². The van der Waals surface area contributed by atoms with Gasteiger partial charge in [-0.2, -0.15) is 0 Å². The highest BCUT2D eigenvalue weighted by Crippen LogP contribution is 2.15. The Labute approximate surface area is 134 Å². The predicted molar refractivity (Wildman–Crippen MR) is 88.2 cm³/mol. The number of carbonyl (C=O) groups excluding carboxylic acids is 2. The van der Waals surface area contributed by atoms with E-state index >= 15 is 0 Å². The largest absolute Gasteiger partial charge is 0.485 e. The number of anilines is 1. The van der Waals surface area contributed by atoms with E-state index in [9.17, 15) is 9.59 Å². The van der Waals surface area contributed by atoms with Crippen LogP contribution < -0.4 is 10.5 Å². The molecule has 2 aromatic carbocycles. The Morgan fingerprint density at radius 2 is 1.91 bits per heavy atom. The smallest absolute Gasteiger partial charge is 0.330 e. The van der Waals surface area contributed by atoms with E-state index in [1.807, 2.05) is 6.07 Å². The van der Waals surface area contributed by atoms with E-state index in [0.717, 1.165) is 5.56 Å². The van der Waals surface area contributed by atoms with Crippen molar-refractivity contribution in [3.63, 3.8) is 0 Å². The molecule has 118 valence electrons. The van der Waals surface area contributed by atoms with E-state index in [2.05, 4.69) is 4.74 Å². The molecule has 0 atom stereocenters. The second-order valence-electron chi connectivity index (χ2n) is 4.77. The highest BCUT2D eigenvalue weighted by Gasteiger charge is 2.07. The van der Waals surface area contributed by atoms with Crippen molar-refractivity contribution >= 4 is 23.5 Å². The lowest BCUT2D eigenvalue weighted by Crippen LogP contribution is -2.11. The lowest BCUT2D eigenvalue weighted by Gasteiger charge is -2.07. The number of ether oxygens (including phenoxy) is 2. The fourth-order valence-corrected chi connectivity index (χ4v) is 1.88. The van der Waals surface area contributed by atoms with Crippen LogP contribution in [0.3, 0.4) is 0 Å². The van der Waals surface area contributed by atoms with Crippen molar-refractivity contribution < 1.29 is 19.1 Å². The van der Waals surface area contributed by atoms with Gasteiger partial charge in [-0.1, -0.05) is 24.3 Å². The second-order valence-corrected chi connectivity index (χ2v) is 4.77. The normalized spacial score (nSPS) is 10.5. The Bertz CT molecular complexity index is 737. The highest BCUT2D eigenvalue weighted by atomic mass is 16.5. The topological polar surface area (TPSA) is 78.6 Å². The van der Waals surface area contributed by atoms with E-state index in [0.29, 0.717) is 17.0 Å². The molecule has 0 saturated carbocycles. The van der Waals surface area contributed by atoms with Gasteiger partial charge < -0.3 is 15.2 Å². The second kappa shape index (κ2) is 7.79. The van der Waals surface area contributed by atoms with Crippen LogP contribution in [0, 0.1) is 0 Å². The van der Waals surface area contributed by atoms with E-state index in [4.69, 9.17) is 10.5 Å². The summed E-state index contributed by atoms with van der Waals surface area (Å²) in [5, 5.41) is 0. The number of ketones is 1. The number of methoxy groups -OCH3 is 1. The van der Waals surface area contributed by atoms with Crippen molar-refractivity contribution in [3.8, 4) is 5.75 Å². The quantitative estimate of drug-likeness (QED) is 0.384. The third-order valence-electron chi connectivity index (χ3n) is 3.05. The first-order valence-electron chi connectivity index (χ1n) is 6.96. The molecule has 0 aliphatic rings. The molecule has 2 aromatic rings. The molecule has 23 heavy (non-hydrogen) atoms. The maximum atomic E-state index is 12.1. The number of esters is 1. The maximum absolute atomic E-state index is 12.1. The molecule has 2 rings (SSSR count). The first-order chi connectivity index (χ1) is 11.1. The number of benzene rings is 2. The third-order valence-corrected chi connectivity index (χ3v) is 3.05. The zero-order chi connectivity index (χ0) is 16.7. The van der Waals surface area contributed by atoms with Crippen molar-refractivity contribution in [3.05, 3.63) is 65.7 Å². The standard InChI is InChI=1S/C18H17NO4/c1-22-18(21)9-8-13-4-2-7-16(10-13)23-12-17(20)14-5-3-6-15(19)11-14/h2-11H,12,19H2,1H3/b9-8+. The van der Waals surface area contributed by atoms with Crippen molar-refractivity contribution in [2.24, 2.45) is 0 Å². The first-order valence-corrected chi connectivity index (χ1v) is 6.96. The fourth-order valence-electron chi connectivity index (χ4n) is 1.88. The Morgan fingerprint density at radius 3 is 2.65 bits per heavy atom. The summed E-state index contributed by atoms with van der Waals surface area (Å²) in [5.74, 6) is -0.0600. The zero-order valence-corrected chi connectivity index (χ0v) is 12.7. The summed E-state index contributed by atoms with van der Waals surface area (Å²) in [4.78, 5) is 23.1. The molecule has 0 bridgehead atoms. The third kappa shape index (κ3) is 5.00. The summed E-state index contributed by atoms with van der Waals surface area (Å²) in [5.41, 5.74) is 7.46. The zero-order valence-electron chi connectivity index (χ0n) is 12.7. The molecule has 0 saturated heterocycles. The lowest BCUT2D eigenvalue weighted by atomic mass is 10.1. The molecule has 0 aliphatic carbocycles. The summed E-state index contributed by atoms with van der Waals surface area (Å²) in [6, 6.07) is 13.8. The van der Waals surface area contributed by atoms with Gasteiger partial charge in [-0.3, -0.25) is 4.79 Å². The van der Waals surface area contributed by atoms with Gasteiger partial charge in [0, 0.05) is 17.3 Å². The minimum Gasteiger partial charge on any atom is -0.485 e. The van der Waals surface area contributed by atoms with Crippen molar-refractivity contribution in [2.75, 3.05) is 19.5 Å². The van der Waals surface area contributed by atoms with Gasteiger partial charge in [0.25, 0.3) is 0 Å². The van der Waals surface area contributed by atoms with Crippen LogP contribution in [-0.2, 0) is 9.53 Å². The maximum Gasteiger partial charge on any atom is 0.330 e. The Kier molecular flexibility index (Phi) is 5.52. The van der Waals surface area contributed by atoms with Crippen LogP contribution >= 0.6 is 0 Å². The lowest BCUT2D eigenvalue weighted by molar-refractivity contribution is -0.134. The Balaban J connectivity index is 1.99. The Hall–Kier alpha value is -3.08. The number of nitrogen functional groups attached to an aromatic ring is 1. The van der Waals surface area contributed by atoms with Crippen LogP contribution in [0.25, 0.3) is 6.08 Å². The van der Waals surface area contributed by atoms with E-state index in [1.165, 1.54) is 13.2 Å². The molecule has 0 heterocycles. The van der Waals surface area contributed by atoms with E-state index in [-0.39, 0.29) is 12.4 Å². The average Bonchev–Trinajstić information content (AvgIpc) is 2.58. The molecule has 0 aliphatic heterocycles. The molecular weight excluding hydrogens is 294 g/mol. The molecule has 0 spiro atoms. The number of carbonyl (C=O) groups is 2. The molecule has 2 N–H and O–H groups in total. The van der Waals surface area contributed by atoms with Crippen LogP contribution in [0.5, 0.6) is 5.75 Å². The van der Waals surface area contributed by atoms with Gasteiger partial charge in [0.2, 0.25) is 0 Å². The van der Waals surface area contributed by atoms with Gasteiger partial charge in [0.05, 0.1) is 7.11 Å². The molecule has 0 fully saturated rings. The van der Waals surface area contributed by atoms with Gasteiger partial charge in [-0.15, -0.1) is 0 Å². The summed E-state index contributed by atoms with van der Waals surface area (Å²) in [6.07, 6.45) is 2.93. The summed E-state index contributed by atoms with van der Waals surface area (Å²) in [6.45, 7) is -0.0897. The minimum atomic E-state index is -0.437. The Morgan fingerprint density at radius 1 is 1.13 bits per heavy atom. The van der Waals surface area contributed by atoms with Crippen molar-refractivity contribution in [1.82, 2.24) is 0 Å². The SMILES string of the molecule is COC(=O)/C=C/c1cccc(OCC(=O)c2cccc(N)c2)c1. The van der Waals surface area contributed by atoms with Gasteiger partial charge in [-0.05, 0) is 35.9 Å². The molecule has 5 heteroatoms. The first kappa shape index (κ1) is 16.3. The molecule has 0 aromatic heterocycles. The fraction of sp³-hybridized carbons (Fsp3) is 0.111. The summed E-state index contributed by atoms with van der Waals surface area (Å²) < 4.78 is 10.0. The number of Topliss-reactive ketones (excluding diaryl/α,β-unsaturated/α-hetero) is 1. The summed E-state index contributed by atoms with van der Waals surface area (Å²) in [7, 11) is 1.31. The van der Waals surface area contributed by atoms with Gasteiger partial charge in [-0.25, -0.2) is 4.79 Å². The van der Waals surface area contributed by atoms with Crippen LogP contribution in [0.15, 0.2) is 54.6 Å². The minimum absolute atomic E-state index is 0.0897. The average molecular weight is 311 g/mol. The van der Waals surface area contributed by atoms with Crippen molar-refractivity contribution in [2.45, 2.75) is 0 Å². The molecular formula is C18H17NO4. The van der Waals surface area contributed by atoms with Crippen LogP contribution in [0.4, 0.5) is 5.69 Å². The van der Waals surface area contributed by atoms with E-state index < -0.39 is 5.97 Å². The van der Waals surface area contributed by atoms with Gasteiger partial charge >= 0.3 is 5.97 Å². The van der Waals surface area contributed by atoms with Crippen LogP contribution in [-0.4, -0.2) is 25.5 Å². The monoisotopic (exact) mass is 311 g/mol. The molecule has 0 radical (unpaired) electrons. The number of hydrogen-bond acceptors (Lipinski definition) is 5. The highest BCUT2D eigenvalue weighted by molar-refractivity contribution is 5.98. The molecule has 0 amide bonds. The van der Waals surface area contributed by atoms with Gasteiger partial charge in [0.1, 0.15) is 5.75 Å². The van der Waals surface area contributed by atoms with Gasteiger partial charge in [0.15, 0.2) is 12.4 Å². The van der Waals surface area contributed by atoms with Crippen molar-refractivity contribution in [1.29, 1.82) is 0 Å².